The van der Waals surface area contributed by atoms with E-state index in [1.54, 1.807) is 68.6 Å². The lowest BCUT2D eigenvalue weighted by atomic mass is 9.57. The lowest BCUT2D eigenvalue weighted by Gasteiger charge is -2.48. The van der Waals surface area contributed by atoms with E-state index < -0.39 is 10.8 Å². The summed E-state index contributed by atoms with van der Waals surface area (Å²) in [5.74, 6) is 3.66. The Balaban J connectivity index is 0.000000127. The molecular weight excluding hydrogens is 1440 g/mol. The molecule has 0 unspecified atom stereocenters. The third-order valence-electron chi connectivity index (χ3n) is 26.0. The molecule has 9 aromatic rings. The molecule has 17 rings (SSSR count). The zero-order valence-corrected chi connectivity index (χ0v) is 67.0. The summed E-state index contributed by atoms with van der Waals surface area (Å²) >= 11 is 0. The molecule has 7 aromatic heterocycles. The number of aryl methyl sites for hydroxylation is 2. The highest BCUT2D eigenvalue weighted by Crippen LogP contribution is 2.58. The fourth-order valence-corrected chi connectivity index (χ4v) is 19.9. The number of halogens is 1. The van der Waals surface area contributed by atoms with Gasteiger partial charge < -0.3 is 25.1 Å². The van der Waals surface area contributed by atoms with Crippen molar-refractivity contribution < 1.29 is 33.7 Å². The number of carbonyl (C=O) groups excluding carboxylic acids is 3. The van der Waals surface area contributed by atoms with Gasteiger partial charge in [0.2, 0.25) is 28.9 Å². The molecule has 1 amide bonds. The lowest BCUT2D eigenvalue weighted by Crippen LogP contribution is -2.46. The van der Waals surface area contributed by atoms with E-state index in [0.29, 0.717) is 84.2 Å². The Bertz CT molecular complexity index is 5630. The summed E-state index contributed by atoms with van der Waals surface area (Å²) in [6, 6.07) is 26.6. The largest absolute Gasteiger partial charge is 0.523 e. The van der Waals surface area contributed by atoms with Crippen LogP contribution in [0.3, 0.4) is 0 Å². The smallest absolute Gasteiger partial charge is 0.226 e. The Kier molecular flexibility index (Phi) is 22.1. The van der Waals surface area contributed by atoms with Gasteiger partial charge in [-0.25, -0.2) is 53.8 Å². The van der Waals surface area contributed by atoms with Crippen molar-refractivity contribution in [2.45, 2.75) is 168 Å². The molecule has 8 aliphatic rings. The number of amides is 1. The van der Waals surface area contributed by atoms with Crippen LogP contribution in [0.4, 0.5) is 4.39 Å². The average molecular weight is 1540 g/mol. The van der Waals surface area contributed by atoms with E-state index in [1.807, 2.05) is 89.2 Å². The standard InChI is InChI=1S/C27H25FN4O.C26H24N4O.C20H24N4O3.C20H21N3O/c1-15-14-30-12-11-17(15)26-31-23(18-7-5-6-8-21(18)28)19-9-10-20-16(2)24(33)22(29-4)13-27(20,3)25(19)32-26;1-16-20-10-9-19-22(17-7-5-4-6-8-17)29-25(18-11-13-28-14-12-18)30-24(19)26(20,2)15-21(27-3)23(16)31;1-11-14-7-6-13-18(20(14,3)10-15(21-4)17(11)26)23-16(24-19(13)27-5)8-9-22-12(2)25;1-12-16-5-4-15-13(2)22-19(14-7-10-21-11-8-14)23-18(15)20(16,3)9-6-17(12)24/h5-8,11-12,14,16,20,33H,9-10,13H2,1-3H3;4-8,11-14,16,20,31H,9-10,15H2,1-2H3;10-11,14H,6-9H2,1-3,5H3,(H,22,25);6-12,16H,4-5H2,1-3H3/t16-,20-,27-;16-,20-,26-;11-,14-,20-;12-,16-,20-/m1111/s1. The molecule has 0 aliphatic heterocycles. The van der Waals surface area contributed by atoms with Crippen molar-refractivity contribution in [2.75, 3.05) is 13.7 Å². The minimum atomic E-state index is -0.514. The van der Waals surface area contributed by atoms with Crippen LogP contribution in [-0.2, 0) is 68.1 Å². The molecule has 12 atom stereocenters. The molecule has 2 aromatic carbocycles. The fourth-order valence-electron chi connectivity index (χ4n) is 19.9. The zero-order valence-electron chi connectivity index (χ0n) is 67.0. The number of methoxy groups -OCH3 is 1. The summed E-state index contributed by atoms with van der Waals surface area (Å²) in [5, 5.41) is 24.0. The Morgan fingerprint density at radius 1 is 0.557 bits per heavy atom. The number of aromatic nitrogens is 11. The van der Waals surface area contributed by atoms with E-state index in [0.717, 1.165) is 124 Å². The number of ether oxygens (including phenoxy) is 1. The number of aliphatic hydroxyl groups excluding tert-OH is 2. The SMILES string of the molecule is Cc1nc(-c2ccncc2)nc2c1CC[C@@H]1[C@@H](C)C(=O)C=C[C@@]21C.[C-]#[N+]C1=C(O)[C@H](C)[C@H]2CCc3c(-c4ccccc4)nc(-c4ccncc4)nc3[C@]2(C)C1.[C-]#[N+]C1=C(O)[C@H](C)[C@H]2CCc3c(-c4ccccc4F)nc(-c4ccncc4C)nc3[C@]2(C)C1.[C-]#[N+]C1=C[C@@]2(C)c3nc(CCNC(C)=O)nc(OC)c3CC[C@@H]2[C@@H](C)C1=O. The minimum absolute atomic E-state index is 0.0489. The van der Waals surface area contributed by atoms with Gasteiger partial charge in [-0.1, -0.05) is 110 Å². The second kappa shape index (κ2) is 32.0. The Labute approximate surface area is 670 Å². The molecule has 0 radical (unpaired) electrons. The number of allylic oxidation sites excluding steroid dienone is 8. The highest BCUT2D eigenvalue weighted by molar-refractivity contribution is 6.00. The first-order valence-electron chi connectivity index (χ1n) is 39.6. The number of aliphatic hydroxyl groups is 2. The first-order valence-corrected chi connectivity index (χ1v) is 39.6. The first-order chi connectivity index (χ1) is 55.2. The molecule has 8 aliphatic carbocycles. The summed E-state index contributed by atoms with van der Waals surface area (Å²) in [4.78, 5) is 98.0. The molecule has 584 valence electrons. The van der Waals surface area contributed by atoms with Crippen LogP contribution in [0.15, 0.2) is 169 Å². The highest BCUT2D eigenvalue weighted by Gasteiger charge is 2.54. The molecule has 0 spiro atoms. The van der Waals surface area contributed by atoms with E-state index in [4.69, 9.17) is 59.3 Å². The zero-order chi connectivity index (χ0) is 81.6. The van der Waals surface area contributed by atoms with Gasteiger partial charge in [0.25, 0.3) is 0 Å². The number of carbonyl (C=O) groups is 3. The minimum Gasteiger partial charge on any atom is -0.523 e. The number of fused-ring (bicyclic) bond motifs is 12. The maximum absolute atomic E-state index is 15.0. The average Bonchev–Trinajstić information content (AvgIpc) is 0.737. The number of nitrogens with one attached hydrogen (secondary N) is 1. The quantitative estimate of drug-likeness (QED) is 0.113. The van der Waals surface area contributed by atoms with Crippen molar-refractivity contribution in [2.24, 2.45) is 47.3 Å². The number of hydrogen-bond acceptors (Lipinski definition) is 17. The van der Waals surface area contributed by atoms with Gasteiger partial charge in [0.05, 0.1) is 72.5 Å². The van der Waals surface area contributed by atoms with Crippen LogP contribution in [0.5, 0.6) is 5.88 Å². The van der Waals surface area contributed by atoms with Gasteiger partial charge in [-0.05, 0) is 161 Å². The number of nitrogens with zero attached hydrogens (tertiary/aromatic N) is 14. The maximum Gasteiger partial charge on any atom is 0.226 e. The summed E-state index contributed by atoms with van der Waals surface area (Å²) in [6.07, 6.45) is 24.4. The Morgan fingerprint density at radius 2 is 1.08 bits per heavy atom. The van der Waals surface area contributed by atoms with Crippen molar-refractivity contribution in [3.63, 3.8) is 0 Å². The first kappa shape index (κ1) is 79.4. The predicted octanol–water partition coefficient (Wildman–Crippen LogP) is 17.4. The van der Waals surface area contributed by atoms with Crippen molar-refractivity contribution in [3.05, 3.63) is 271 Å². The number of hydrogen-bond donors (Lipinski definition) is 3. The van der Waals surface area contributed by atoms with Gasteiger partial charge in [0.1, 0.15) is 11.6 Å². The normalized spacial score (nSPS) is 25.7. The van der Waals surface area contributed by atoms with Crippen molar-refractivity contribution in [1.82, 2.24) is 60.1 Å². The molecule has 21 nitrogen and oxygen atoms in total. The van der Waals surface area contributed by atoms with Crippen LogP contribution in [0.2, 0.25) is 0 Å². The van der Waals surface area contributed by atoms with Crippen molar-refractivity contribution >= 4 is 17.5 Å². The lowest BCUT2D eigenvalue weighted by molar-refractivity contribution is -0.122. The molecule has 0 saturated carbocycles. The summed E-state index contributed by atoms with van der Waals surface area (Å²) in [5.41, 5.74) is 15.5. The molecule has 3 N–H and O–H groups in total. The van der Waals surface area contributed by atoms with E-state index >= 15 is 0 Å². The molecule has 0 fully saturated rings. The Hall–Kier alpha value is -12.2. The van der Waals surface area contributed by atoms with Crippen LogP contribution in [0, 0.1) is 86.7 Å². The summed E-state index contributed by atoms with van der Waals surface area (Å²) < 4.78 is 20.5. The van der Waals surface area contributed by atoms with Crippen LogP contribution in [0.1, 0.15) is 163 Å². The number of ketones is 2. The van der Waals surface area contributed by atoms with Crippen molar-refractivity contribution in [1.29, 1.82) is 0 Å². The number of rotatable bonds is 9. The number of pyridine rings is 3. The molecule has 7 heterocycles. The summed E-state index contributed by atoms with van der Waals surface area (Å²) in [7, 11) is 1.59. The van der Waals surface area contributed by atoms with E-state index in [1.165, 1.54) is 24.1 Å². The number of benzene rings is 2. The van der Waals surface area contributed by atoms with Gasteiger partial charge in [-0.15, -0.1) is 0 Å². The van der Waals surface area contributed by atoms with E-state index in [-0.39, 0.29) is 92.8 Å². The van der Waals surface area contributed by atoms with Crippen LogP contribution < -0.4 is 10.1 Å². The van der Waals surface area contributed by atoms with E-state index in [9.17, 15) is 29.0 Å². The summed E-state index contributed by atoms with van der Waals surface area (Å²) in [6.45, 7) is 45.1. The fraction of sp³-hybridized carbons (Fsp3) is 0.387. The van der Waals surface area contributed by atoms with E-state index in [2.05, 4.69) is 92.6 Å². The Morgan fingerprint density at radius 3 is 1.66 bits per heavy atom. The topological polar surface area (TPSA) is 268 Å². The van der Waals surface area contributed by atoms with Gasteiger partial charge >= 0.3 is 0 Å². The number of Topliss-reactive ketones (excluding diaryl/α,β-unsaturated/α-hetero) is 1. The van der Waals surface area contributed by atoms with Gasteiger partial charge in [-0.3, -0.25) is 24.5 Å². The molecular formula is C93H94FN15O6. The van der Waals surface area contributed by atoms with Gasteiger partial charge in [-0.2, -0.15) is 4.98 Å². The van der Waals surface area contributed by atoms with Crippen molar-refractivity contribution in [3.8, 4) is 62.6 Å². The third kappa shape index (κ3) is 14.5. The second-order valence-electron chi connectivity index (χ2n) is 32.7. The van der Waals surface area contributed by atoms with Crippen LogP contribution in [-0.4, -0.2) is 96.2 Å². The monoisotopic (exact) mass is 1540 g/mol. The second-order valence-corrected chi connectivity index (χ2v) is 32.7. The molecule has 0 saturated heterocycles. The highest BCUT2D eigenvalue weighted by atomic mass is 19.1. The molecule has 115 heavy (non-hydrogen) atoms. The predicted molar refractivity (Wildman–Crippen MR) is 436 cm³/mol. The molecule has 22 heteroatoms. The molecule has 0 bridgehead atoms. The van der Waals surface area contributed by atoms with Gasteiger partial charge in [0.15, 0.2) is 29.0 Å². The van der Waals surface area contributed by atoms with Crippen LogP contribution >= 0.6 is 0 Å². The third-order valence-corrected chi connectivity index (χ3v) is 26.0. The maximum atomic E-state index is 15.0. The van der Waals surface area contributed by atoms with Crippen LogP contribution in [0.25, 0.3) is 71.2 Å². The van der Waals surface area contributed by atoms with Gasteiger partial charge in [0, 0.05) is 153 Å².